The molecule has 0 unspecified atom stereocenters. The summed E-state index contributed by atoms with van der Waals surface area (Å²) in [6.45, 7) is 0.269. The van der Waals surface area contributed by atoms with Crippen molar-refractivity contribution < 1.29 is 19.1 Å². The molecule has 0 aliphatic carbocycles. The van der Waals surface area contributed by atoms with Gasteiger partial charge in [0.05, 0.1) is 23.8 Å². The van der Waals surface area contributed by atoms with Crippen molar-refractivity contribution in [2.45, 2.75) is 6.54 Å². The summed E-state index contributed by atoms with van der Waals surface area (Å²) in [5.74, 6) is -1.15. The van der Waals surface area contributed by atoms with Crippen molar-refractivity contribution in [3.63, 3.8) is 0 Å². The van der Waals surface area contributed by atoms with Crippen LogP contribution in [0.15, 0.2) is 41.2 Å². The lowest BCUT2D eigenvalue weighted by Crippen LogP contribution is -2.28. The Morgan fingerprint density at radius 3 is 2.75 bits per heavy atom. The molecular weight excluding hydrogens is 284 g/mol. The zero-order valence-corrected chi connectivity index (χ0v) is 11.0. The van der Waals surface area contributed by atoms with Crippen LogP contribution in [0.1, 0.15) is 15.9 Å². The SMILES string of the molecule is O=C(NCc1ccoc1)Nc1cc(Cl)ccc1C(=O)O. The Bertz CT molecular complexity index is 625. The van der Waals surface area contributed by atoms with Gasteiger partial charge in [-0.25, -0.2) is 9.59 Å². The Labute approximate surface area is 119 Å². The molecule has 0 atom stereocenters. The largest absolute Gasteiger partial charge is 0.478 e. The van der Waals surface area contributed by atoms with Crippen molar-refractivity contribution in [3.05, 3.63) is 52.9 Å². The molecule has 20 heavy (non-hydrogen) atoms. The minimum atomic E-state index is -1.15. The summed E-state index contributed by atoms with van der Waals surface area (Å²) >= 11 is 5.79. The van der Waals surface area contributed by atoms with Crippen LogP contribution in [0, 0.1) is 0 Å². The average Bonchev–Trinajstić information content (AvgIpc) is 2.89. The number of anilines is 1. The Kier molecular flexibility index (Phi) is 4.27. The molecule has 0 radical (unpaired) electrons. The van der Waals surface area contributed by atoms with Crippen LogP contribution in [-0.2, 0) is 6.54 Å². The van der Waals surface area contributed by atoms with Gasteiger partial charge in [-0.15, -0.1) is 0 Å². The maximum absolute atomic E-state index is 11.7. The highest BCUT2D eigenvalue weighted by atomic mass is 35.5. The number of amides is 2. The molecule has 0 saturated heterocycles. The van der Waals surface area contributed by atoms with Gasteiger partial charge in [0, 0.05) is 17.1 Å². The van der Waals surface area contributed by atoms with Crippen molar-refractivity contribution >= 4 is 29.3 Å². The molecule has 1 aromatic heterocycles. The van der Waals surface area contributed by atoms with Crippen LogP contribution >= 0.6 is 11.6 Å². The van der Waals surface area contributed by atoms with Gasteiger partial charge in [0.15, 0.2) is 0 Å². The van der Waals surface area contributed by atoms with Gasteiger partial charge in [-0.05, 0) is 24.3 Å². The van der Waals surface area contributed by atoms with Crippen LogP contribution < -0.4 is 10.6 Å². The van der Waals surface area contributed by atoms with E-state index in [-0.39, 0.29) is 17.8 Å². The molecule has 6 nitrogen and oxygen atoms in total. The summed E-state index contributed by atoms with van der Waals surface area (Å²) in [5, 5.41) is 14.4. The van der Waals surface area contributed by atoms with E-state index in [9.17, 15) is 9.59 Å². The van der Waals surface area contributed by atoms with Gasteiger partial charge in [-0.3, -0.25) is 0 Å². The minimum absolute atomic E-state index is 0.0344. The van der Waals surface area contributed by atoms with Gasteiger partial charge in [-0.1, -0.05) is 11.6 Å². The normalized spacial score (nSPS) is 10.1. The van der Waals surface area contributed by atoms with Crippen molar-refractivity contribution in [1.82, 2.24) is 5.32 Å². The highest BCUT2D eigenvalue weighted by molar-refractivity contribution is 6.31. The fourth-order valence-corrected chi connectivity index (χ4v) is 1.72. The summed E-state index contributed by atoms with van der Waals surface area (Å²) < 4.78 is 4.86. The number of aromatic carboxylic acids is 1. The van der Waals surface area contributed by atoms with Gasteiger partial charge in [-0.2, -0.15) is 0 Å². The maximum atomic E-state index is 11.7. The lowest BCUT2D eigenvalue weighted by molar-refractivity contribution is 0.0698. The zero-order valence-electron chi connectivity index (χ0n) is 10.2. The summed E-state index contributed by atoms with van der Waals surface area (Å²) in [6.07, 6.45) is 3.00. The zero-order chi connectivity index (χ0) is 14.5. The number of halogens is 1. The quantitative estimate of drug-likeness (QED) is 0.808. The van der Waals surface area contributed by atoms with Gasteiger partial charge in [0.1, 0.15) is 0 Å². The monoisotopic (exact) mass is 294 g/mol. The predicted molar refractivity (Wildman–Crippen MR) is 73.0 cm³/mol. The molecule has 0 aliphatic rings. The molecule has 2 rings (SSSR count). The van der Waals surface area contributed by atoms with Gasteiger partial charge < -0.3 is 20.2 Å². The molecule has 1 aromatic carbocycles. The number of benzene rings is 1. The number of carboxylic acid groups (broad SMARTS) is 1. The lowest BCUT2D eigenvalue weighted by atomic mass is 10.2. The number of carbonyl (C=O) groups excluding carboxylic acids is 1. The smallest absolute Gasteiger partial charge is 0.337 e. The Balaban J connectivity index is 2.03. The minimum Gasteiger partial charge on any atom is -0.478 e. The number of nitrogens with one attached hydrogen (secondary N) is 2. The first kappa shape index (κ1) is 14.0. The van der Waals surface area contributed by atoms with E-state index in [1.165, 1.54) is 30.7 Å². The van der Waals surface area contributed by atoms with Crippen LogP contribution in [0.4, 0.5) is 10.5 Å². The van der Waals surface area contributed by atoms with Crippen LogP contribution in [-0.4, -0.2) is 17.1 Å². The average molecular weight is 295 g/mol. The number of hydrogen-bond donors (Lipinski definition) is 3. The number of carboxylic acids is 1. The first-order chi connectivity index (χ1) is 9.56. The topological polar surface area (TPSA) is 91.6 Å². The van der Waals surface area contributed by atoms with Crippen molar-refractivity contribution in [2.24, 2.45) is 0 Å². The molecule has 0 bridgehead atoms. The molecule has 2 amide bonds. The van der Waals surface area contributed by atoms with Gasteiger partial charge >= 0.3 is 12.0 Å². The molecule has 0 fully saturated rings. The fraction of sp³-hybridized carbons (Fsp3) is 0.0769. The molecule has 3 N–H and O–H groups in total. The molecule has 7 heteroatoms. The number of carbonyl (C=O) groups is 2. The van der Waals surface area contributed by atoms with E-state index in [2.05, 4.69) is 10.6 Å². The van der Waals surface area contributed by atoms with Crippen LogP contribution in [0.5, 0.6) is 0 Å². The van der Waals surface area contributed by atoms with Crippen LogP contribution in [0.25, 0.3) is 0 Å². The highest BCUT2D eigenvalue weighted by Gasteiger charge is 2.12. The standard InChI is InChI=1S/C13H11ClN2O4/c14-9-1-2-10(12(17)18)11(5-9)16-13(19)15-6-8-3-4-20-7-8/h1-5,7H,6H2,(H,17,18)(H2,15,16,19). The summed E-state index contributed by atoms with van der Waals surface area (Å²) in [4.78, 5) is 22.7. The third kappa shape index (κ3) is 3.52. The van der Waals surface area contributed by atoms with E-state index in [0.29, 0.717) is 5.02 Å². The Morgan fingerprint density at radius 2 is 2.10 bits per heavy atom. The van der Waals surface area contributed by atoms with Gasteiger partial charge in [0.2, 0.25) is 0 Å². The second-order valence-corrected chi connectivity index (χ2v) is 4.37. The molecule has 0 spiro atoms. The van der Waals surface area contributed by atoms with E-state index in [4.69, 9.17) is 21.1 Å². The molecule has 2 aromatic rings. The predicted octanol–water partition coefficient (Wildman–Crippen LogP) is 2.95. The maximum Gasteiger partial charge on any atom is 0.337 e. The number of furan rings is 1. The van der Waals surface area contributed by atoms with Crippen LogP contribution in [0.3, 0.4) is 0 Å². The Hall–Kier alpha value is -2.47. The molecular formula is C13H11ClN2O4. The molecule has 0 aliphatic heterocycles. The van der Waals surface area contributed by atoms with E-state index in [1.807, 2.05) is 0 Å². The Morgan fingerprint density at radius 1 is 1.30 bits per heavy atom. The fourth-order valence-electron chi connectivity index (χ4n) is 1.55. The third-order valence-electron chi connectivity index (χ3n) is 2.49. The number of rotatable bonds is 4. The summed E-state index contributed by atoms with van der Waals surface area (Å²) in [6, 6.07) is 5.33. The molecule has 104 valence electrons. The first-order valence-electron chi connectivity index (χ1n) is 5.65. The second kappa shape index (κ2) is 6.12. The van der Waals surface area contributed by atoms with Crippen molar-refractivity contribution in [1.29, 1.82) is 0 Å². The highest BCUT2D eigenvalue weighted by Crippen LogP contribution is 2.21. The number of urea groups is 1. The number of hydrogen-bond acceptors (Lipinski definition) is 3. The van der Waals surface area contributed by atoms with E-state index in [1.54, 1.807) is 6.07 Å². The van der Waals surface area contributed by atoms with E-state index < -0.39 is 12.0 Å². The van der Waals surface area contributed by atoms with E-state index in [0.717, 1.165) is 5.56 Å². The van der Waals surface area contributed by atoms with Gasteiger partial charge in [0.25, 0.3) is 0 Å². The first-order valence-corrected chi connectivity index (χ1v) is 6.03. The second-order valence-electron chi connectivity index (χ2n) is 3.93. The van der Waals surface area contributed by atoms with E-state index >= 15 is 0 Å². The molecule has 1 heterocycles. The third-order valence-corrected chi connectivity index (χ3v) is 2.73. The molecule has 0 saturated carbocycles. The van der Waals surface area contributed by atoms with Crippen molar-refractivity contribution in [3.8, 4) is 0 Å². The van der Waals surface area contributed by atoms with Crippen LogP contribution in [0.2, 0.25) is 5.02 Å². The summed E-state index contributed by atoms with van der Waals surface area (Å²) in [5.41, 5.74) is 0.896. The lowest BCUT2D eigenvalue weighted by Gasteiger charge is -2.09. The summed E-state index contributed by atoms with van der Waals surface area (Å²) in [7, 11) is 0. The van der Waals surface area contributed by atoms with Crippen molar-refractivity contribution in [2.75, 3.05) is 5.32 Å².